The molecule has 11 aromatic rings. The first-order chi connectivity index (χ1) is 36.2. The van der Waals surface area contributed by atoms with Crippen LogP contribution < -0.4 is 4.90 Å². The van der Waals surface area contributed by atoms with E-state index >= 15 is 0 Å². The van der Waals surface area contributed by atoms with Crippen LogP contribution in [-0.2, 0) is 10.8 Å². The second kappa shape index (κ2) is 16.9. The molecule has 0 radical (unpaired) electrons. The van der Waals surface area contributed by atoms with Crippen molar-refractivity contribution < 1.29 is 0 Å². The molecule has 5 aliphatic carbocycles. The van der Waals surface area contributed by atoms with Gasteiger partial charge in [-0.05, 0) is 171 Å². The van der Waals surface area contributed by atoms with Gasteiger partial charge in [0.15, 0.2) is 0 Å². The van der Waals surface area contributed by atoms with Gasteiger partial charge in [0.1, 0.15) is 0 Å². The van der Waals surface area contributed by atoms with Crippen LogP contribution in [0.15, 0.2) is 249 Å². The number of thiophene rings is 1. The lowest BCUT2D eigenvalue weighted by molar-refractivity contribution is -0.0440. The summed E-state index contributed by atoms with van der Waals surface area (Å²) >= 11 is 1.88. The molecule has 0 saturated heterocycles. The van der Waals surface area contributed by atoms with Gasteiger partial charge in [-0.3, -0.25) is 0 Å². The van der Waals surface area contributed by atoms with Crippen LogP contribution in [0.5, 0.6) is 0 Å². The lowest BCUT2D eigenvalue weighted by Crippen LogP contribution is -2.59. The quantitative estimate of drug-likeness (QED) is 0.147. The van der Waals surface area contributed by atoms with Crippen molar-refractivity contribution in [3.05, 3.63) is 282 Å². The third-order valence-electron chi connectivity index (χ3n) is 18.0. The van der Waals surface area contributed by atoms with Crippen LogP contribution in [-0.4, -0.2) is 0 Å². The van der Waals surface area contributed by atoms with Gasteiger partial charge in [-0.2, -0.15) is 0 Å². The normalized spacial score (nSPS) is 21.0. The van der Waals surface area contributed by atoms with Gasteiger partial charge in [0.25, 0.3) is 0 Å². The Kier molecular flexibility index (Phi) is 9.93. The average Bonchev–Trinajstić information content (AvgIpc) is 3.85. The minimum Gasteiger partial charge on any atom is -0.310 e. The SMILES string of the molecule is c1ccc(-c2cccc(N(c3ccc(-c4ccccc4-c4cccc5sc6ccccc6c45)cc3)c3ccc4c(c3)C3(c5ccccc5C4(c4ccccc4)c4ccccc4)[C@H]4C[C@H]5C[C@H](C[C@H]3C5)C4)c2)cc1. The van der Waals surface area contributed by atoms with E-state index < -0.39 is 5.41 Å². The zero-order valence-electron chi connectivity index (χ0n) is 40.9. The number of hydrogen-bond acceptors (Lipinski definition) is 2. The van der Waals surface area contributed by atoms with E-state index in [1.807, 2.05) is 11.3 Å². The second-order valence-electron chi connectivity index (χ2n) is 21.6. The van der Waals surface area contributed by atoms with Gasteiger partial charge < -0.3 is 4.90 Å². The van der Waals surface area contributed by atoms with Crippen LogP contribution in [0.3, 0.4) is 0 Å². The molecule has 0 N–H and O–H groups in total. The largest absolute Gasteiger partial charge is 0.310 e. The fourth-order valence-corrected chi connectivity index (χ4v) is 16.6. The predicted octanol–water partition coefficient (Wildman–Crippen LogP) is 19.0. The zero-order valence-corrected chi connectivity index (χ0v) is 41.7. The molecular weight excluding hydrogens is 899 g/mol. The molecule has 16 rings (SSSR count). The van der Waals surface area contributed by atoms with Gasteiger partial charge in [0.05, 0.1) is 5.41 Å². The van der Waals surface area contributed by atoms with Gasteiger partial charge in [-0.1, -0.05) is 200 Å². The Hall–Kier alpha value is -7.78. The number of hydrogen-bond donors (Lipinski definition) is 0. The lowest BCUT2D eigenvalue weighted by atomic mass is 9.38. The summed E-state index contributed by atoms with van der Waals surface area (Å²) in [6.07, 6.45) is 6.69. The molecule has 1 aromatic heterocycles. The molecule has 4 fully saturated rings. The molecule has 0 atom stereocenters. The first-order valence-corrected chi connectivity index (χ1v) is 27.4. The summed E-state index contributed by atoms with van der Waals surface area (Å²) in [6, 6.07) is 94.6. The van der Waals surface area contributed by atoms with Crippen molar-refractivity contribution in [3.8, 4) is 33.4 Å². The van der Waals surface area contributed by atoms with E-state index in [4.69, 9.17) is 0 Å². The third-order valence-corrected chi connectivity index (χ3v) is 19.1. The van der Waals surface area contributed by atoms with E-state index in [2.05, 4.69) is 254 Å². The highest BCUT2D eigenvalue weighted by Gasteiger charge is 2.63. The molecule has 4 bridgehead atoms. The maximum absolute atomic E-state index is 2.69. The molecular formula is C71H55NS. The molecule has 10 aromatic carbocycles. The van der Waals surface area contributed by atoms with Crippen molar-refractivity contribution in [2.24, 2.45) is 23.7 Å². The number of anilines is 3. The number of nitrogens with zero attached hydrogens (tertiary/aromatic N) is 1. The molecule has 73 heavy (non-hydrogen) atoms. The molecule has 1 spiro atoms. The van der Waals surface area contributed by atoms with E-state index in [0.717, 1.165) is 23.2 Å². The lowest BCUT2D eigenvalue weighted by Gasteiger charge is -2.65. The van der Waals surface area contributed by atoms with Gasteiger partial charge in [0, 0.05) is 42.6 Å². The van der Waals surface area contributed by atoms with Crippen LogP contribution in [0.4, 0.5) is 17.1 Å². The van der Waals surface area contributed by atoms with Crippen molar-refractivity contribution in [1.82, 2.24) is 0 Å². The Bertz CT molecular complexity index is 3800. The monoisotopic (exact) mass is 953 g/mol. The fourth-order valence-electron chi connectivity index (χ4n) is 15.4. The van der Waals surface area contributed by atoms with Gasteiger partial charge in [-0.25, -0.2) is 0 Å². The highest BCUT2D eigenvalue weighted by Crippen LogP contribution is 2.70. The topological polar surface area (TPSA) is 3.24 Å². The van der Waals surface area contributed by atoms with Crippen LogP contribution >= 0.6 is 11.3 Å². The summed E-state index contributed by atoms with van der Waals surface area (Å²) < 4.78 is 2.65. The molecule has 0 amide bonds. The van der Waals surface area contributed by atoms with Gasteiger partial charge in [0.2, 0.25) is 0 Å². The Morgan fingerprint density at radius 3 is 1.60 bits per heavy atom. The first kappa shape index (κ1) is 42.9. The Balaban J connectivity index is 0.954. The Labute approximate surface area is 433 Å². The molecule has 0 unspecified atom stereocenters. The first-order valence-electron chi connectivity index (χ1n) is 26.6. The van der Waals surface area contributed by atoms with Crippen LogP contribution in [0.2, 0.25) is 0 Å². The second-order valence-corrected chi connectivity index (χ2v) is 22.6. The minimum absolute atomic E-state index is 0.0931. The number of benzene rings is 10. The zero-order chi connectivity index (χ0) is 48.1. The molecule has 0 aliphatic heterocycles. The smallest absolute Gasteiger partial charge is 0.0707 e. The summed E-state index contributed by atoms with van der Waals surface area (Å²) in [5.74, 6) is 2.85. The van der Waals surface area contributed by atoms with Crippen LogP contribution in [0.25, 0.3) is 53.6 Å². The summed E-state index contributed by atoms with van der Waals surface area (Å²) in [7, 11) is 0. The summed E-state index contributed by atoms with van der Waals surface area (Å²) in [5.41, 5.74) is 19.0. The van der Waals surface area contributed by atoms with E-state index in [9.17, 15) is 0 Å². The fraction of sp³-hybridized carbons (Fsp3) is 0.155. The molecule has 2 heteroatoms. The van der Waals surface area contributed by atoms with Crippen molar-refractivity contribution >= 4 is 48.6 Å². The maximum atomic E-state index is 2.69. The molecule has 350 valence electrons. The minimum atomic E-state index is -0.500. The highest BCUT2D eigenvalue weighted by molar-refractivity contribution is 7.25. The number of rotatable bonds is 8. The average molecular weight is 954 g/mol. The molecule has 5 aliphatic rings. The summed E-state index contributed by atoms with van der Waals surface area (Å²) in [4.78, 5) is 2.55. The van der Waals surface area contributed by atoms with E-state index in [-0.39, 0.29) is 5.41 Å². The highest BCUT2D eigenvalue weighted by atomic mass is 32.1. The summed E-state index contributed by atoms with van der Waals surface area (Å²) in [6.45, 7) is 0. The van der Waals surface area contributed by atoms with E-state index in [1.54, 1.807) is 5.56 Å². The summed E-state index contributed by atoms with van der Waals surface area (Å²) in [5, 5.41) is 2.66. The maximum Gasteiger partial charge on any atom is 0.0707 e. The standard InChI is InChI=1S/C71H55NS/c1-4-18-49(19-5-1)51-20-16-25-57(45-51)72(56-36-34-50(35-37-56)59-26-10-11-27-60(59)61-29-17-33-68-69(61)62-28-12-15-32-67(62)73-68)58-38-39-65-66(46-58)71(54-41-47-40-48(43-54)44-55(71)42-47)64-31-14-13-30-63(64)70(65,52-21-6-2-7-22-52)53-23-8-3-9-24-53/h1-39,45-48,54-55H,40-44H2/t47-,48+,54+,55-,71?. The number of fused-ring (bicyclic) bond motifs is 5. The predicted molar refractivity (Wildman–Crippen MR) is 306 cm³/mol. The van der Waals surface area contributed by atoms with Gasteiger partial charge in [-0.15, -0.1) is 11.3 Å². The van der Waals surface area contributed by atoms with Gasteiger partial charge >= 0.3 is 0 Å². The van der Waals surface area contributed by atoms with Crippen molar-refractivity contribution in [3.63, 3.8) is 0 Å². The van der Waals surface area contributed by atoms with Crippen LogP contribution in [0, 0.1) is 23.7 Å². The molecule has 1 nitrogen and oxygen atoms in total. The molecule has 1 heterocycles. The third kappa shape index (κ3) is 6.46. The van der Waals surface area contributed by atoms with Crippen molar-refractivity contribution in [2.45, 2.75) is 42.9 Å². The van der Waals surface area contributed by atoms with Crippen LogP contribution in [0.1, 0.15) is 65.5 Å². The molecule has 4 saturated carbocycles. The van der Waals surface area contributed by atoms with E-state index in [0.29, 0.717) is 11.8 Å². The van der Waals surface area contributed by atoms with Crippen molar-refractivity contribution in [1.29, 1.82) is 0 Å². The Morgan fingerprint density at radius 2 is 0.877 bits per heavy atom. The Morgan fingerprint density at radius 1 is 0.342 bits per heavy atom. The van der Waals surface area contributed by atoms with E-state index in [1.165, 1.54) is 119 Å². The van der Waals surface area contributed by atoms with Crippen molar-refractivity contribution in [2.75, 3.05) is 4.90 Å².